The summed E-state index contributed by atoms with van der Waals surface area (Å²) < 4.78 is 1.84. The van der Waals surface area contributed by atoms with Crippen molar-refractivity contribution in [3.8, 4) is 0 Å². The Balaban J connectivity index is 1.40. The number of aliphatic hydroxyl groups is 1. The van der Waals surface area contributed by atoms with Crippen molar-refractivity contribution in [1.82, 2.24) is 19.9 Å². The van der Waals surface area contributed by atoms with Crippen LogP contribution in [0, 0.1) is 12.3 Å². The Bertz CT molecular complexity index is 1250. The zero-order chi connectivity index (χ0) is 24.1. The number of nitrogens with one attached hydrogen (secondary N) is 1. The van der Waals surface area contributed by atoms with Crippen LogP contribution in [-0.2, 0) is 16.8 Å². The summed E-state index contributed by atoms with van der Waals surface area (Å²) in [5.41, 5.74) is 2.44. The van der Waals surface area contributed by atoms with Crippen LogP contribution in [0.25, 0.3) is 5.65 Å². The van der Waals surface area contributed by atoms with E-state index in [2.05, 4.69) is 15.3 Å². The first-order valence-electron chi connectivity index (χ1n) is 11.9. The molecule has 2 fully saturated rings. The van der Waals surface area contributed by atoms with Crippen molar-refractivity contribution >= 4 is 23.2 Å². The number of ketones is 1. The number of benzene rings is 1. The summed E-state index contributed by atoms with van der Waals surface area (Å²) in [5.74, 6) is 1.07. The van der Waals surface area contributed by atoms with Crippen LogP contribution in [0.5, 0.6) is 0 Å². The first kappa shape index (κ1) is 22.5. The van der Waals surface area contributed by atoms with Gasteiger partial charge in [0.2, 0.25) is 5.91 Å². The van der Waals surface area contributed by atoms with Crippen molar-refractivity contribution in [3.05, 3.63) is 58.9 Å². The topological polar surface area (TPSA) is 99.8 Å². The fraction of sp³-hybridized carbons (Fsp3) is 0.462. The molecule has 1 aromatic carbocycles. The molecule has 0 saturated carbocycles. The molecule has 8 nitrogen and oxygen atoms in total. The summed E-state index contributed by atoms with van der Waals surface area (Å²) in [6.45, 7) is 7.66. The first-order valence-corrected chi connectivity index (χ1v) is 11.9. The zero-order valence-electron chi connectivity index (χ0n) is 20.0. The fourth-order valence-corrected chi connectivity index (χ4v) is 5.13. The van der Waals surface area contributed by atoms with E-state index in [1.165, 1.54) is 0 Å². The Morgan fingerprint density at radius 2 is 1.85 bits per heavy atom. The van der Waals surface area contributed by atoms with Crippen LogP contribution in [0.4, 0.5) is 5.82 Å². The lowest BCUT2D eigenvalue weighted by molar-refractivity contribution is -0.128. The highest BCUT2D eigenvalue weighted by atomic mass is 16.3. The van der Waals surface area contributed by atoms with Crippen LogP contribution in [0.2, 0.25) is 0 Å². The van der Waals surface area contributed by atoms with Crippen molar-refractivity contribution in [1.29, 1.82) is 0 Å². The van der Waals surface area contributed by atoms with Gasteiger partial charge in [-0.15, -0.1) is 0 Å². The highest BCUT2D eigenvalue weighted by Gasteiger charge is 2.44. The summed E-state index contributed by atoms with van der Waals surface area (Å²) in [5, 5.41) is 17.8. The van der Waals surface area contributed by atoms with Crippen molar-refractivity contribution < 1.29 is 14.7 Å². The molecule has 0 bridgehead atoms. The van der Waals surface area contributed by atoms with E-state index in [0.717, 1.165) is 56.0 Å². The largest absolute Gasteiger partial charge is 0.386 e. The number of hydrogen-bond acceptors (Lipinski definition) is 6. The maximum Gasteiger partial charge on any atom is 0.226 e. The minimum absolute atomic E-state index is 0.0263. The van der Waals surface area contributed by atoms with E-state index < -0.39 is 5.60 Å². The number of Topliss-reactive ketones (excluding diaryl/α,β-unsaturated/α-hetero) is 1. The third kappa shape index (κ3) is 4.07. The third-order valence-electron chi connectivity index (χ3n) is 7.25. The fourth-order valence-electron chi connectivity index (χ4n) is 5.13. The minimum atomic E-state index is -0.949. The molecule has 2 aliphatic rings. The Morgan fingerprint density at radius 3 is 2.47 bits per heavy atom. The Labute approximate surface area is 199 Å². The molecule has 2 N–H and O–H groups in total. The minimum Gasteiger partial charge on any atom is -0.386 e. The average Bonchev–Trinajstić information content (AvgIpc) is 3.35. The molecule has 5 rings (SSSR count). The number of carbonyl (C=O) groups excluding carboxylic acids is 2. The second-order valence-electron chi connectivity index (χ2n) is 10.2. The van der Waals surface area contributed by atoms with Gasteiger partial charge in [-0.3, -0.25) is 9.59 Å². The molecule has 4 heterocycles. The van der Waals surface area contributed by atoms with Crippen molar-refractivity contribution in [2.24, 2.45) is 5.41 Å². The Kier molecular flexibility index (Phi) is 5.43. The SMILES string of the molecule is Cc1cc2nc(CC(=O)c3ccc(C(C)(C)O)cc3)cc(N3CCC4(CCNC4=O)CC3)n2n1. The van der Waals surface area contributed by atoms with Gasteiger partial charge in [0.1, 0.15) is 5.82 Å². The molecule has 1 amide bonds. The molecule has 178 valence electrons. The van der Waals surface area contributed by atoms with E-state index >= 15 is 0 Å². The molecule has 34 heavy (non-hydrogen) atoms. The molecule has 8 heteroatoms. The number of rotatable bonds is 5. The smallest absolute Gasteiger partial charge is 0.226 e. The van der Waals surface area contributed by atoms with Crippen molar-refractivity contribution in [2.45, 2.75) is 52.1 Å². The van der Waals surface area contributed by atoms with E-state index in [-0.39, 0.29) is 23.5 Å². The number of anilines is 1. The molecule has 0 atom stereocenters. The number of carbonyl (C=O) groups is 2. The van der Waals surface area contributed by atoms with Gasteiger partial charge >= 0.3 is 0 Å². The second kappa shape index (κ2) is 8.20. The summed E-state index contributed by atoms with van der Waals surface area (Å²) in [7, 11) is 0. The van der Waals surface area contributed by atoms with Crippen molar-refractivity contribution in [2.75, 3.05) is 24.5 Å². The first-order chi connectivity index (χ1) is 16.1. The number of nitrogens with zero attached hydrogens (tertiary/aromatic N) is 4. The normalized spacial score (nSPS) is 18.0. The summed E-state index contributed by atoms with van der Waals surface area (Å²) >= 11 is 0. The second-order valence-corrected chi connectivity index (χ2v) is 10.2. The molecule has 2 aromatic heterocycles. The molecule has 0 unspecified atom stereocenters. The maximum atomic E-state index is 13.0. The van der Waals surface area contributed by atoms with Gasteiger partial charge in [0.25, 0.3) is 0 Å². The standard InChI is InChI=1S/C26H31N5O3/c1-17-14-22-28-20(15-21(32)18-4-6-19(7-5-18)25(2,3)34)16-23(31(22)29-17)30-12-9-26(10-13-30)8-11-27-24(26)33/h4-7,14,16,34H,8-13,15H2,1-3H3,(H,27,33). The number of aryl methyl sites for hydroxylation is 1. The molecule has 2 aliphatic heterocycles. The van der Waals surface area contributed by atoms with Crippen LogP contribution in [0.1, 0.15) is 60.4 Å². The van der Waals surface area contributed by atoms with E-state index in [9.17, 15) is 14.7 Å². The van der Waals surface area contributed by atoms with E-state index in [1.807, 2.05) is 23.6 Å². The predicted molar refractivity (Wildman–Crippen MR) is 129 cm³/mol. The number of piperidine rings is 1. The lowest BCUT2D eigenvalue weighted by Crippen LogP contribution is -2.44. The number of fused-ring (bicyclic) bond motifs is 1. The Hall–Kier alpha value is -3.26. The van der Waals surface area contributed by atoms with Gasteiger partial charge < -0.3 is 15.3 Å². The predicted octanol–water partition coefficient (Wildman–Crippen LogP) is 2.80. The van der Waals surface area contributed by atoms with Gasteiger partial charge in [-0.1, -0.05) is 24.3 Å². The highest BCUT2D eigenvalue weighted by molar-refractivity contribution is 5.97. The van der Waals surface area contributed by atoms with Crippen LogP contribution < -0.4 is 10.2 Å². The molecule has 0 radical (unpaired) electrons. The van der Waals surface area contributed by atoms with Crippen LogP contribution in [0.3, 0.4) is 0 Å². The molecule has 3 aromatic rings. The lowest BCUT2D eigenvalue weighted by Gasteiger charge is -2.38. The molecule has 0 aliphatic carbocycles. The van der Waals surface area contributed by atoms with Crippen LogP contribution >= 0.6 is 0 Å². The summed E-state index contributed by atoms with van der Waals surface area (Å²) in [6.07, 6.45) is 2.70. The van der Waals surface area contributed by atoms with Crippen LogP contribution in [-0.4, -0.2) is 51.0 Å². The maximum absolute atomic E-state index is 13.0. The highest BCUT2D eigenvalue weighted by Crippen LogP contribution is 2.39. The molecular formula is C26H31N5O3. The monoisotopic (exact) mass is 461 g/mol. The Morgan fingerprint density at radius 1 is 1.15 bits per heavy atom. The van der Waals surface area contributed by atoms with Gasteiger partial charge in [-0.25, -0.2) is 4.98 Å². The van der Waals surface area contributed by atoms with E-state index in [4.69, 9.17) is 4.98 Å². The quantitative estimate of drug-likeness (QED) is 0.567. The third-order valence-corrected chi connectivity index (χ3v) is 7.25. The summed E-state index contributed by atoms with van der Waals surface area (Å²) in [6, 6.07) is 11.0. The number of aromatic nitrogens is 3. The van der Waals surface area contributed by atoms with Crippen LogP contribution in [0.15, 0.2) is 36.4 Å². The van der Waals surface area contributed by atoms with E-state index in [1.54, 1.807) is 38.1 Å². The van der Waals surface area contributed by atoms with Gasteiger partial charge in [-0.05, 0) is 45.6 Å². The van der Waals surface area contributed by atoms with Gasteiger partial charge in [0, 0.05) is 37.3 Å². The van der Waals surface area contributed by atoms with Gasteiger partial charge in [-0.2, -0.15) is 9.61 Å². The summed E-state index contributed by atoms with van der Waals surface area (Å²) in [4.78, 5) is 32.4. The van der Waals surface area contributed by atoms with Gasteiger partial charge in [0.15, 0.2) is 11.4 Å². The molecule has 2 saturated heterocycles. The molecular weight excluding hydrogens is 430 g/mol. The number of amides is 1. The zero-order valence-corrected chi connectivity index (χ0v) is 20.0. The van der Waals surface area contributed by atoms with Gasteiger partial charge in [0.05, 0.1) is 28.8 Å². The average molecular weight is 462 g/mol. The number of hydrogen-bond donors (Lipinski definition) is 2. The molecule has 1 spiro atoms. The van der Waals surface area contributed by atoms with E-state index in [0.29, 0.717) is 16.9 Å². The van der Waals surface area contributed by atoms with Crippen molar-refractivity contribution in [3.63, 3.8) is 0 Å². The lowest BCUT2D eigenvalue weighted by atomic mass is 9.77.